The Morgan fingerprint density at radius 3 is 2.69 bits per heavy atom. The molecule has 8 heteroatoms. The molecule has 0 saturated heterocycles. The molecule has 1 aliphatic carbocycles. The van der Waals surface area contributed by atoms with Gasteiger partial charge in [-0.1, -0.05) is 24.3 Å². The highest BCUT2D eigenvalue weighted by atomic mass is 19.1. The number of hydrogen-bond acceptors (Lipinski definition) is 6. The lowest BCUT2D eigenvalue weighted by Gasteiger charge is -2.16. The van der Waals surface area contributed by atoms with E-state index >= 15 is 0 Å². The Balaban J connectivity index is 1.57. The van der Waals surface area contributed by atoms with E-state index in [1.54, 1.807) is 36.7 Å². The summed E-state index contributed by atoms with van der Waals surface area (Å²) in [4.78, 5) is 24.9. The van der Waals surface area contributed by atoms with Crippen LogP contribution in [0.15, 0.2) is 60.9 Å². The van der Waals surface area contributed by atoms with Crippen molar-refractivity contribution >= 4 is 28.3 Å². The van der Waals surface area contributed by atoms with Gasteiger partial charge in [0.1, 0.15) is 5.75 Å². The molecule has 0 bridgehead atoms. The monoisotopic (exact) mass is 429 g/mol. The normalized spacial score (nSPS) is 14.2. The van der Waals surface area contributed by atoms with Crippen LogP contribution in [-0.4, -0.2) is 26.5 Å². The van der Waals surface area contributed by atoms with Gasteiger partial charge in [0.05, 0.1) is 11.3 Å². The first-order valence-corrected chi connectivity index (χ1v) is 10.2. The summed E-state index contributed by atoms with van der Waals surface area (Å²) in [5, 5.41) is 4.24. The zero-order valence-corrected chi connectivity index (χ0v) is 17.3. The predicted octanol–water partition coefficient (Wildman–Crippen LogP) is 4.82. The number of ether oxygens (including phenoxy) is 1. The van der Waals surface area contributed by atoms with Crippen molar-refractivity contribution < 1.29 is 13.9 Å². The lowest BCUT2D eigenvalue weighted by molar-refractivity contribution is -0.122. The number of nitrogens with zero attached hydrogens (tertiary/aromatic N) is 3. The smallest absolute Gasteiger partial charge is 0.262 e. The molecule has 0 unspecified atom stereocenters. The number of aryl methyl sites for hydroxylation is 1. The second-order valence-corrected chi connectivity index (χ2v) is 7.79. The molecule has 0 radical (unpaired) electrons. The van der Waals surface area contributed by atoms with Crippen LogP contribution in [0.25, 0.3) is 22.0 Å². The van der Waals surface area contributed by atoms with Crippen LogP contribution in [0.3, 0.4) is 0 Å². The molecule has 2 aromatic carbocycles. The number of amides is 1. The molecule has 5 rings (SSSR count). The lowest BCUT2D eigenvalue weighted by atomic mass is 10.0. The third-order valence-corrected chi connectivity index (χ3v) is 5.47. The van der Waals surface area contributed by atoms with Gasteiger partial charge in [-0.05, 0) is 49.6 Å². The molecule has 3 N–H and O–H groups in total. The topological polar surface area (TPSA) is 103 Å². The van der Waals surface area contributed by atoms with Crippen molar-refractivity contribution in [3.8, 4) is 22.9 Å². The number of nitrogen functional groups attached to an aromatic ring is 1. The summed E-state index contributed by atoms with van der Waals surface area (Å²) >= 11 is 0. The summed E-state index contributed by atoms with van der Waals surface area (Å²) in [6, 6.07) is 14.6. The number of halogens is 1. The van der Waals surface area contributed by atoms with E-state index in [9.17, 15) is 9.18 Å². The van der Waals surface area contributed by atoms with E-state index < -0.39 is 11.6 Å². The SMILES string of the molecule is Cc1ccc2c(NC(=O)C3(F)CC3)cccc2c1Oc1ncccc1-c1ccnc(N)n1. The highest BCUT2D eigenvalue weighted by molar-refractivity contribution is 6.07. The summed E-state index contributed by atoms with van der Waals surface area (Å²) in [5.74, 6) is 0.486. The standard InChI is InChI=1S/C24H20FN5O2/c1-14-7-8-15-16(4-2-6-18(15)29-22(31)24(25)10-11-24)20(14)32-21-17(5-3-12-27-21)19-9-13-28-23(26)30-19/h2-9,12-13H,10-11H2,1H3,(H,29,31)(H2,26,28,30). The number of anilines is 2. The van der Waals surface area contributed by atoms with Crippen LogP contribution < -0.4 is 15.8 Å². The number of aromatic nitrogens is 3. The van der Waals surface area contributed by atoms with Gasteiger partial charge in [-0.3, -0.25) is 4.79 Å². The minimum atomic E-state index is -1.76. The maximum Gasteiger partial charge on any atom is 0.262 e. The lowest BCUT2D eigenvalue weighted by Crippen LogP contribution is -2.25. The summed E-state index contributed by atoms with van der Waals surface area (Å²) < 4.78 is 20.5. The maximum absolute atomic E-state index is 14.2. The first-order chi connectivity index (χ1) is 15.4. The molecule has 32 heavy (non-hydrogen) atoms. The first-order valence-electron chi connectivity index (χ1n) is 10.2. The Morgan fingerprint density at radius 2 is 1.91 bits per heavy atom. The number of hydrogen-bond donors (Lipinski definition) is 2. The Kier molecular flexibility index (Phi) is 4.70. The van der Waals surface area contributed by atoms with Crippen molar-refractivity contribution in [3.05, 3.63) is 66.5 Å². The second kappa shape index (κ2) is 7.56. The number of rotatable bonds is 5. The Hall–Kier alpha value is -4.07. The van der Waals surface area contributed by atoms with Gasteiger partial charge in [0.2, 0.25) is 11.8 Å². The van der Waals surface area contributed by atoms with Gasteiger partial charge in [-0.15, -0.1) is 0 Å². The Morgan fingerprint density at radius 1 is 1.06 bits per heavy atom. The van der Waals surface area contributed by atoms with Gasteiger partial charge in [0.15, 0.2) is 5.67 Å². The number of carbonyl (C=O) groups is 1. The van der Waals surface area contributed by atoms with Crippen LogP contribution in [0.2, 0.25) is 0 Å². The summed E-state index contributed by atoms with van der Waals surface area (Å²) in [6.07, 6.45) is 3.72. The fourth-order valence-corrected chi connectivity index (χ4v) is 3.54. The fraction of sp³-hybridized carbons (Fsp3) is 0.167. The van der Waals surface area contributed by atoms with E-state index in [1.807, 2.05) is 31.2 Å². The van der Waals surface area contributed by atoms with E-state index in [-0.39, 0.29) is 18.8 Å². The molecule has 1 fully saturated rings. The number of alkyl halides is 1. The highest BCUT2D eigenvalue weighted by Gasteiger charge is 2.50. The Labute approximate surface area is 183 Å². The molecule has 0 aliphatic heterocycles. The molecule has 1 saturated carbocycles. The third kappa shape index (κ3) is 3.60. The van der Waals surface area contributed by atoms with Crippen LogP contribution in [0.4, 0.5) is 16.0 Å². The number of carbonyl (C=O) groups excluding carboxylic acids is 1. The van der Waals surface area contributed by atoms with E-state index in [4.69, 9.17) is 10.5 Å². The number of pyridine rings is 1. The fourth-order valence-electron chi connectivity index (χ4n) is 3.54. The summed E-state index contributed by atoms with van der Waals surface area (Å²) in [5.41, 5.74) is 6.65. The van der Waals surface area contributed by atoms with E-state index in [0.29, 0.717) is 28.6 Å². The summed E-state index contributed by atoms with van der Waals surface area (Å²) in [6.45, 7) is 1.92. The van der Waals surface area contributed by atoms with Gasteiger partial charge in [-0.25, -0.2) is 19.3 Å². The zero-order chi connectivity index (χ0) is 22.3. The molecule has 4 aromatic rings. The van der Waals surface area contributed by atoms with E-state index in [2.05, 4.69) is 20.3 Å². The molecular weight excluding hydrogens is 409 g/mol. The minimum Gasteiger partial charge on any atom is -0.437 e. The quantitative estimate of drug-likeness (QED) is 0.472. The van der Waals surface area contributed by atoms with Crippen LogP contribution >= 0.6 is 0 Å². The predicted molar refractivity (Wildman–Crippen MR) is 120 cm³/mol. The van der Waals surface area contributed by atoms with Gasteiger partial charge < -0.3 is 15.8 Å². The first kappa shape index (κ1) is 19.9. The van der Waals surface area contributed by atoms with Crippen LogP contribution in [0.1, 0.15) is 18.4 Å². The van der Waals surface area contributed by atoms with Crippen molar-refractivity contribution in [2.75, 3.05) is 11.1 Å². The molecule has 1 amide bonds. The van der Waals surface area contributed by atoms with Gasteiger partial charge in [0, 0.05) is 28.9 Å². The molecule has 0 spiro atoms. The van der Waals surface area contributed by atoms with Crippen molar-refractivity contribution in [2.24, 2.45) is 0 Å². The molecule has 0 atom stereocenters. The van der Waals surface area contributed by atoms with Crippen molar-refractivity contribution in [1.82, 2.24) is 15.0 Å². The number of nitrogens with two attached hydrogens (primary N) is 1. The zero-order valence-electron chi connectivity index (χ0n) is 17.3. The number of nitrogens with one attached hydrogen (secondary N) is 1. The Bertz CT molecular complexity index is 1350. The second-order valence-electron chi connectivity index (χ2n) is 7.79. The number of fused-ring (bicyclic) bond motifs is 1. The summed E-state index contributed by atoms with van der Waals surface area (Å²) in [7, 11) is 0. The van der Waals surface area contributed by atoms with Gasteiger partial charge >= 0.3 is 0 Å². The van der Waals surface area contributed by atoms with Crippen LogP contribution in [0.5, 0.6) is 11.6 Å². The van der Waals surface area contributed by atoms with Crippen molar-refractivity contribution in [2.45, 2.75) is 25.4 Å². The average Bonchev–Trinajstić information content (AvgIpc) is 3.55. The molecule has 2 aromatic heterocycles. The largest absolute Gasteiger partial charge is 0.437 e. The number of benzene rings is 2. The van der Waals surface area contributed by atoms with Crippen molar-refractivity contribution in [3.63, 3.8) is 0 Å². The molecular formula is C24H20FN5O2. The van der Waals surface area contributed by atoms with Crippen LogP contribution in [-0.2, 0) is 4.79 Å². The van der Waals surface area contributed by atoms with Gasteiger partial charge in [0.25, 0.3) is 5.91 Å². The average molecular weight is 429 g/mol. The molecule has 1 aliphatic rings. The maximum atomic E-state index is 14.2. The molecule has 160 valence electrons. The minimum absolute atomic E-state index is 0.153. The van der Waals surface area contributed by atoms with Crippen LogP contribution in [0, 0.1) is 6.92 Å². The molecule has 7 nitrogen and oxygen atoms in total. The molecule has 2 heterocycles. The van der Waals surface area contributed by atoms with E-state index in [0.717, 1.165) is 16.3 Å². The highest BCUT2D eigenvalue weighted by Crippen LogP contribution is 2.42. The van der Waals surface area contributed by atoms with Crippen molar-refractivity contribution in [1.29, 1.82) is 0 Å². The van der Waals surface area contributed by atoms with E-state index in [1.165, 1.54) is 0 Å². The third-order valence-electron chi connectivity index (χ3n) is 5.47. The van der Waals surface area contributed by atoms with Gasteiger partial charge in [-0.2, -0.15) is 0 Å².